The predicted octanol–water partition coefficient (Wildman–Crippen LogP) is 2.93. The highest BCUT2D eigenvalue weighted by Crippen LogP contribution is 2.13. The summed E-state index contributed by atoms with van der Waals surface area (Å²) in [5.74, 6) is 2.12. The van der Waals surface area contributed by atoms with Crippen molar-refractivity contribution < 1.29 is 0 Å². The van der Waals surface area contributed by atoms with Gasteiger partial charge < -0.3 is 5.32 Å². The topological polar surface area (TPSA) is 12.0 Å². The van der Waals surface area contributed by atoms with E-state index in [0.717, 1.165) is 24.3 Å². The van der Waals surface area contributed by atoms with Crippen LogP contribution in [-0.2, 0) is 0 Å². The zero-order valence-corrected chi connectivity index (χ0v) is 9.99. The fourth-order valence-corrected chi connectivity index (χ4v) is 2.20. The van der Waals surface area contributed by atoms with E-state index < -0.39 is 0 Å². The van der Waals surface area contributed by atoms with Gasteiger partial charge in [0.25, 0.3) is 0 Å². The van der Waals surface area contributed by atoms with Crippen molar-refractivity contribution in [3.8, 4) is 0 Å². The minimum absolute atomic E-state index is 0.721. The lowest BCUT2D eigenvalue weighted by molar-refractivity contribution is 0.630. The molecule has 13 heavy (non-hydrogen) atoms. The first-order valence-electron chi connectivity index (χ1n) is 5.10. The summed E-state index contributed by atoms with van der Waals surface area (Å²) in [5, 5.41) is 4.06. The molecule has 0 saturated heterocycles. The van der Waals surface area contributed by atoms with Gasteiger partial charge in [-0.25, -0.2) is 0 Å². The van der Waals surface area contributed by atoms with Crippen molar-refractivity contribution in [2.24, 2.45) is 5.92 Å². The van der Waals surface area contributed by atoms with E-state index in [-0.39, 0.29) is 0 Å². The van der Waals surface area contributed by atoms with Crippen molar-refractivity contribution >= 4 is 11.8 Å². The summed E-state index contributed by atoms with van der Waals surface area (Å²) >= 11 is 2.06. The van der Waals surface area contributed by atoms with Crippen LogP contribution in [0, 0.1) is 5.92 Å². The van der Waals surface area contributed by atoms with Gasteiger partial charge in [-0.2, -0.15) is 11.8 Å². The normalized spacial score (nSPS) is 13.2. The Morgan fingerprint density at radius 1 is 1.38 bits per heavy atom. The van der Waals surface area contributed by atoms with Crippen molar-refractivity contribution in [3.05, 3.63) is 12.7 Å². The molecule has 0 aliphatic rings. The molecule has 0 aromatic heterocycles. The predicted molar refractivity (Wildman–Crippen MR) is 64.4 cm³/mol. The maximum Gasteiger partial charge on any atom is 0.0144 e. The van der Waals surface area contributed by atoms with Gasteiger partial charge >= 0.3 is 0 Å². The quantitative estimate of drug-likeness (QED) is 0.479. The van der Waals surface area contributed by atoms with Crippen LogP contribution in [0.2, 0.25) is 0 Å². The second-order valence-corrected chi connectivity index (χ2v) is 5.36. The van der Waals surface area contributed by atoms with E-state index >= 15 is 0 Å². The standard InChI is InChI=1S/C11H23NS/c1-5-7-12-9-11(4)13-8-6-10(2)3/h5,10-12H,1,6-9H2,2-4H3. The van der Waals surface area contributed by atoms with E-state index in [4.69, 9.17) is 0 Å². The van der Waals surface area contributed by atoms with E-state index in [2.05, 4.69) is 44.4 Å². The lowest BCUT2D eigenvalue weighted by atomic mass is 10.2. The molecule has 1 unspecified atom stereocenters. The van der Waals surface area contributed by atoms with Gasteiger partial charge in [-0.15, -0.1) is 6.58 Å². The van der Waals surface area contributed by atoms with Crippen LogP contribution in [0.5, 0.6) is 0 Å². The van der Waals surface area contributed by atoms with Crippen molar-refractivity contribution in [1.82, 2.24) is 5.32 Å². The third kappa shape index (κ3) is 9.97. The van der Waals surface area contributed by atoms with Crippen molar-refractivity contribution in [1.29, 1.82) is 0 Å². The fourth-order valence-electron chi connectivity index (χ4n) is 0.953. The number of nitrogens with one attached hydrogen (secondary N) is 1. The van der Waals surface area contributed by atoms with Crippen LogP contribution in [0.3, 0.4) is 0 Å². The van der Waals surface area contributed by atoms with Gasteiger partial charge in [0, 0.05) is 18.3 Å². The maximum atomic E-state index is 3.67. The van der Waals surface area contributed by atoms with Crippen molar-refractivity contribution in [2.75, 3.05) is 18.8 Å². The van der Waals surface area contributed by atoms with Crippen LogP contribution in [0.25, 0.3) is 0 Å². The highest BCUT2D eigenvalue weighted by molar-refractivity contribution is 7.99. The Labute approximate surface area is 87.4 Å². The molecule has 0 amide bonds. The summed E-state index contributed by atoms with van der Waals surface area (Å²) in [7, 11) is 0. The second kappa shape index (κ2) is 8.64. The van der Waals surface area contributed by atoms with Gasteiger partial charge in [0.05, 0.1) is 0 Å². The fraction of sp³-hybridized carbons (Fsp3) is 0.818. The molecule has 0 fully saturated rings. The van der Waals surface area contributed by atoms with E-state index in [1.165, 1.54) is 12.2 Å². The Hall–Kier alpha value is 0.0500. The summed E-state index contributed by atoms with van der Waals surface area (Å²) < 4.78 is 0. The number of rotatable bonds is 8. The zero-order chi connectivity index (χ0) is 10.1. The zero-order valence-electron chi connectivity index (χ0n) is 9.18. The van der Waals surface area contributed by atoms with E-state index in [0.29, 0.717) is 0 Å². The van der Waals surface area contributed by atoms with Gasteiger partial charge in [0.1, 0.15) is 0 Å². The highest BCUT2D eigenvalue weighted by atomic mass is 32.2. The average molecular weight is 201 g/mol. The number of hydrogen-bond donors (Lipinski definition) is 1. The van der Waals surface area contributed by atoms with Crippen LogP contribution in [0.1, 0.15) is 27.2 Å². The molecule has 0 aliphatic heterocycles. The summed E-state index contributed by atoms with van der Waals surface area (Å²) in [6, 6.07) is 0. The third-order valence-electron chi connectivity index (χ3n) is 1.82. The Morgan fingerprint density at radius 2 is 2.08 bits per heavy atom. The maximum absolute atomic E-state index is 3.67. The molecule has 0 heterocycles. The third-order valence-corrected chi connectivity index (χ3v) is 3.03. The van der Waals surface area contributed by atoms with Gasteiger partial charge in [0.2, 0.25) is 0 Å². The lowest BCUT2D eigenvalue weighted by Crippen LogP contribution is -2.22. The molecule has 1 atom stereocenters. The Bertz CT molecular complexity index is 123. The lowest BCUT2D eigenvalue weighted by Gasteiger charge is -2.12. The molecule has 0 spiro atoms. The number of thioether (sulfide) groups is 1. The van der Waals surface area contributed by atoms with Gasteiger partial charge in [-0.05, 0) is 18.1 Å². The van der Waals surface area contributed by atoms with E-state index in [1.807, 2.05) is 6.08 Å². The van der Waals surface area contributed by atoms with Crippen LogP contribution in [-0.4, -0.2) is 24.1 Å². The summed E-state index contributed by atoms with van der Waals surface area (Å²) in [4.78, 5) is 0. The molecule has 78 valence electrons. The van der Waals surface area contributed by atoms with Crippen molar-refractivity contribution in [3.63, 3.8) is 0 Å². The molecule has 1 nitrogen and oxygen atoms in total. The van der Waals surface area contributed by atoms with Crippen LogP contribution in [0.4, 0.5) is 0 Å². The van der Waals surface area contributed by atoms with Crippen LogP contribution < -0.4 is 5.32 Å². The molecule has 2 heteroatoms. The smallest absolute Gasteiger partial charge is 0.0144 e. The minimum Gasteiger partial charge on any atom is -0.312 e. The molecule has 0 aliphatic carbocycles. The summed E-state index contributed by atoms with van der Waals surface area (Å²) in [6.45, 7) is 12.5. The Kier molecular flexibility index (Phi) is 8.67. The first-order chi connectivity index (χ1) is 6.16. The van der Waals surface area contributed by atoms with Crippen LogP contribution >= 0.6 is 11.8 Å². The average Bonchev–Trinajstić information content (AvgIpc) is 2.04. The summed E-state index contributed by atoms with van der Waals surface area (Å²) in [5.41, 5.74) is 0. The molecule has 0 bridgehead atoms. The van der Waals surface area contributed by atoms with Crippen LogP contribution in [0.15, 0.2) is 12.7 Å². The molecule has 1 N–H and O–H groups in total. The number of hydrogen-bond acceptors (Lipinski definition) is 2. The largest absolute Gasteiger partial charge is 0.312 e. The second-order valence-electron chi connectivity index (χ2n) is 3.81. The molecule has 0 radical (unpaired) electrons. The minimum atomic E-state index is 0.721. The first kappa shape index (κ1) is 13.1. The van der Waals surface area contributed by atoms with Gasteiger partial charge in [-0.3, -0.25) is 0 Å². The molecular weight excluding hydrogens is 178 g/mol. The van der Waals surface area contributed by atoms with E-state index in [9.17, 15) is 0 Å². The van der Waals surface area contributed by atoms with Crippen molar-refractivity contribution in [2.45, 2.75) is 32.4 Å². The van der Waals surface area contributed by atoms with E-state index in [1.54, 1.807) is 0 Å². The Balaban J connectivity index is 3.19. The van der Waals surface area contributed by atoms with Gasteiger partial charge in [-0.1, -0.05) is 26.8 Å². The summed E-state index contributed by atoms with van der Waals surface area (Å²) in [6.07, 6.45) is 3.24. The molecule has 0 aromatic carbocycles. The Morgan fingerprint density at radius 3 is 2.62 bits per heavy atom. The molecule has 0 saturated carbocycles. The van der Waals surface area contributed by atoms with Gasteiger partial charge in [0.15, 0.2) is 0 Å². The molecule has 0 aromatic rings. The highest BCUT2D eigenvalue weighted by Gasteiger charge is 2.01. The molecular formula is C11H23NS. The SMILES string of the molecule is C=CCNCC(C)SCCC(C)C. The molecule has 0 rings (SSSR count). The first-order valence-corrected chi connectivity index (χ1v) is 6.15. The monoisotopic (exact) mass is 201 g/mol.